The standard InChI is InChI=1S/C12H10O9/c13-2-1-3(14)7(16)4(6(2)15)5-8(17)10(19)12(21)11(20)9(5)18/h1,13-21H. The summed E-state index contributed by atoms with van der Waals surface area (Å²) < 4.78 is 0. The molecule has 0 unspecified atom stereocenters. The Morgan fingerprint density at radius 2 is 0.667 bits per heavy atom. The maximum Gasteiger partial charge on any atom is 0.208 e. The van der Waals surface area contributed by atoms with Crippen LogP contribution in [0.15, 0.2) is 6.07 Å². The van der Waals surface area contributed by atoms with Gasteiger partial charge in [0, 0.05) is 6.07 Å². The highest BCUT2D eigenvalue weighted by atomic mass is 16.4. The number of phenolic OH excluding ortho intramolecular Hbond substituents is 9. The van der Waals surface area contributed by atoms with Gasteiger partial charge in [-0.1, -0.05) is 0 Å². The summed E-state index contributed by atoms with van der Waals surface area (Å²) in [6, 6.07) is 0.586. The highest BCUT2D eigenvalue weighted by molar-refractivity contribution is 5.92. The van der Waals surface area contributed by atoms with E-state index in [2.05, 4.69) is 0 Å². The first-order chi connectivity index (χ1) is 9.68. The molecule has 0 aromatic heterocycles. The molecule has 9 N–H and O–H groups in total. The van der Waals surface area contributed by atoms with Crippen molar-refractivity contribution in [1.82, 2.24) is 0 Å². The molecular formula is C12H10O9. The summed E-state index contributed by atoms with van der Waals surface area (Å²) in [5.74, 6) is -10.1. The van der Waals surface area contributed by atoms with Gasteiger partial charge in [-0.15, -0.1) is 0 Å². The van der Waals surface area contributed by atoms with Crippen LogP contribution in [0.4, 0.5) is 0 Å². The molecule has 0 saturated heterocycles. The zero-order valence-corrected chi connectivity index (χ0v) is 10.1. The number of phenols is 9. The van der Waals surface area contributed by atoms with Gasteiger partial charge in [-0.3, -0.25) is 0 Å². The van der Waals surface area contributed by atoms with Crippen LogP contribution in [0.2, 0.25) is 0 Å². The fourth-order valence-corrected chi connectivity index (χ4v) is 1.79. The Bertz CT molecular complexity index is 696. The van der Waals surface area contributed by atoms with Crippen LogP contribution >= 0.6 is 0 Å². The number of aromatic hydroxyl groups is 9. The average Bonchev–Trinajstić information content (AvgIpc) is 2.44. The van der Waals surface area contributed by atoms with Crippen LogP contribution < -0.4 is 0 Å². The van der Waals surface area contributed by atoms with Crippen molar-refractivity contribution in [1.29, 1.82) is 0 Å². The first-order valence-electron chi connectivity index (χ1n) is 5.34. The highest BCUT2D eigenvalue weighted by Gasteiger charge is 2.30. The number of benzene rings is 2. The monoisotopic (exact) mass is 298 g/mol. The highest BCUT2D eigenvalue weighted by Crippen LogP contribution is 2.59. The molecule has 112 valence electrons. The number of hydrogen-bond donors (Lipinski definition) is 9. The first kappa shape index (κ1) is 14.1. The Kier molecular flexibility index (Phi) is 2.90. The minimum atomic E-state index is -1.25. The van der Waals surface area contributed by atoms with Crippen molar-refractivity contribution < 1.29 is 46.0 Å². The molecule has 0 heterocycles. The maximum absolute atomic E-state index is 9.70. The second-order valence-corrected chi connectivity index (χ2v) is 4.11. The van der Waals surface area contributed by atoms with E-state index in [9.17, 15) is 46.0 Å². The normalized spacial score (nSPS) is 10.7. The molecule has 2 rings (SSSR count). The molecule has 0 aliphatic heterocycles. The van der Waals surface area contributed by atoms with Crippen molar-refractivity contribution in [3.63, 3.8) is 0 Å². The summed E-state index contributed by atoms with van der Waals surface area (Å²) >= 11 is 0. The predicted octanol–water partition coefficient (Wildman–Crippen LogP) is 0.704. The Labute approximate surface area is 116 Å². The van der Waals surface area contributed by atoms with E-state index < -0.39 is 62.9 Å². The van der Waals surface area contributed by atoms with Crippen molar-refractivity contribution in [3.05, 3.63) is 6.07 Å². The summed E-state index contributed by atoms with van der Waals surface area (Å²) in [7, 11) is 0. The molecular weight excluding hydrogens is 288 g/mol. The van der Waals surface area contributed by atoms with Gasteiger partial charge in [0.2, 0.25) is 17.2 Å². The predicted molar refractivity (Wildman–Crippen MR) is 66.9 cm³/mol. The van der Waals surface area contributed by atoms with Crippen molar-refractivity contribution in [2.24, 2.45) is 0 Å². The molecule has 0 spiro atoms. The Balaban J connectivity index is 3.00. The number of rotatable bonds is 1. The third-order valence-corrected chi connectivity index (χ3v) is 2.85. The van der Waals surface area contributed by atoms with E-state index in [-0.39, 0.29) is 0 Å². The van der Waals surface area contributed by atoms with Gasteiger partial charge >= 0.3 is 0 Å². The minimum absolute atomic E-state index is 0.586. The van der Waals surface area contributed by atoms with Crippen LogP contribution in [0.25, 0.3) is 11.1 Å². The summed E-state index contributed by atoms with van der Waals surface area (Å²) in [5, 5.41) is 85.6. The van der Waals surface area contributed by atoms with Gasteiger partial charge < -0.3 is 46.0 Å². The molecule has 0 amide bonds. The zero-order chi connectivity index (χ0) is 16.1. The second-order valence-electron chi connectivity index (χ2n) is 4.11. The largest absolute Gasteiger partial charge is 0.504 e. The smallest absolute Gasteiger partial charge is 0.208 e. The van der Waals surface area contributed by atoms with Crippen molar-refractivity contribution >= 4 is 0 Å². The SMILES string of the molecule is Oc1cc(O)c(O)c(-c2c(O)c(O)c(O)c(O)c2O)c1O. The maximum atomic E-state index is 9.70. The van der Waals surface area contributed by atoms with Gasteiger partial charge in [0.1, 0.15) is 0 Å². The van der Waals surface area contributed by atoms with Crippen LogP contribution in [0.1, 0.15) is 0 Å². The van der Waals surface area contributed by atoms with Crippen molar-refractivity contribution in [2.75, 3.05) is 0 Å². The van der Waals surface area contributed by atoms with Gasteiger partial charge in [0.15, 0.2) is 34.5 Å². The van der Waals surface area contributed by atoms with Crippen molar-refractivity contribution in [3.8, 4) is 62.9 Å². The van der Waals surface area contributed by atoms with E-state index in [1.165, 1.54) is 0 Å². The van der Waals surface area contributed by atoms with E-state index >= 15 is 0 Å². The zero-order valence-electron chi connectivity index (χ0n) is 10.1. The fraction of sp³-hybridized carbons (Fsp3) is 0. The minimum Gasteiger partial charge on any atom is -0.504 e. The van der Waals surface area contributed by atoms with Gasteiger partial charge in [-0.05, 0) is 0 Å². The molecule has 9 heteroatoms. The summed E-state index contributed by atoms with van der Waals surface area (Å²) in [5.41, 5.74) is -1.78. The summed E-state index contributed by atoms with van der Waals surface area (Å²) in [6.07, 6.45) is 0. The molecule has 2 aromatic rings. The molecule has 9 nitrogen and oxygen atoms in total. The third kappa shape index (κ3) is 1.79. The molecule has 0 aliphatic rings. The molecule has 0 bridgehead atoms. The third-order valence-electron chi connectivity index (χ3n) is 2.85. The van der Waals surface area contributed by atoms with E-state index in [4.69, 9.17) is 0 Å². The van der Waals surface area contributed by atoms with Crippen LogP contribution in [0, 0.1) is 0 Å². The lowest BCUT2D eigenvalue weighted by Gasteiger charge is -2.15. The fourth-order valence-electron chi connectivity index (χ4n) is 1.79. The van der Waals surface area contributed by atoms with Gasteiger partial charge in [-0.25, -0.2) is 0 Å². The van der Waals surface area contributed by atoms with Crippen LogP contribution in [-0.4, -0.2) is 46.0 Å². The molecule has 0 aliphatic carbocycles. The molecule has 21 heavy (non-hydrogen) atoms. The van der Waals surface area contributed by atoms with Gasteiger partial charge in [-0.2, -0.15) is 0 Å². The number of hydrogen-bond acceptors (Lipinski definition) is 9. The molecule has 0 atom stereocenters. The van der Waals surface area contributed by atoms with Gasteiger partial charge in [0.05, 0.1) is 11.1 Å². The lowest BCUT2D eigenvalue weighted by atomic mass is 9.98. The Hall–Kier alpha value is -3.36. The Morgan fingerprint density at radius 3 is 1.05 bits per heavy atom. The second kappa shape index (κ2) is 4.34. The van der Waals surface area contributed by atoms with Crippen molar-refractivity contribution in [2.45, 2.75) is 0 Å². The Morgan fingerprint density at radius 1 is 0.381 bits per heavy atom. The average molecular weight is 298 g/mol. The first-order valence-corrected chi connectivity index (χ1v) is 5.34. The molecule has 0 saturated carbocycles. The summed E-state index contributed by atoms with van der Waals surface area (Å²) in [6.45, 7) is 0. The topological polar surface area (TPSA) is 182 Å². The molecule has 2 aromatic carbocycles. The van der Waals surface area contributed by atoms with E-state index in [1.807, 2.05) is 0 Å². The van der Waals surface area contributed by atoms with Crippen LogP contribution in [0.5, 0.6) is 51.7 Å². The lowest BCUT2D eigenvalue weighted by Crippen LogP contribution is -1.87. The van der Waals surface area contributed by atoms with Crippen LogP contribution in [-0.2, 0) is 0 Å². The van der Waals surface area contributed by atoms with E-state index in [0.29, 0.717) is 6.07 Å². The molecule has 0 radical (unpaired) electrons. The quantitative estimate of drug-likeness (QED) is 0.270. The van der Waals surface area contributed by atoms with E-state index in [1.54, 1.807) is 0 Å². The molecule has 0 fully saturated rings. The summed E-state index contributed by atoms with van der Waals surface area (Å²) in [4.78, 5) is 0. The van der Waals surface area contributed by atoms with Gasteiger partial charge in [0.25, 0.3) is 0 Å². The van der Waals surface area contributed by atoms with Crippen LogP contribution in [0.3, 0.4) is 0 Å². The lowest BCUT2D eigenvalue weighted by molar-refractivity contribution is 0.329. The van der Waals surface area contributed by atoms with E-state index in [0.717, 1.165) is 0 Å².